The lowest BCUT2D eigenvalue weighted by molar-refractivity contribution is -0.00300. The van der Waals surface area contributed by atoms with Gasteiger partial charge in [0.25, 0.3) is 5.91 Å². The maximum atomic E-state index is 13.0. The van der Waals surface area contributed by atoms with Crippen molar-refractivity contribution in [2.24, 2.45) is 11.8 Å². The highest BCUT2D eigenvalue weighted by Gasteiger charge is 2.39. The van der Waals surface area contributed by atoms with Crippen LogP contribution in [0.5, 0.6) is 5.75 Å². The van der Waals surface area contributed by atoms with Crippen LogP contribution in [0.25, 0.3) is 0 Å². The summed E-state index contributed by atoms with van der Waals surface area (Å²) in [5, 5.41) is 19.7. The Bertz CT molecular complexity index is 1510. The van der Waals surface area contributed by atoms with Gasteiger partial charge in [-0.3, -0.25) is 14.3 Å². The van der Waals surface area contributed by atoms with Crippen LogP contribution in [-0.4, -0.2) is 62.3 Å². The zero-order chi connectivity index (χ0) is 26.2. The van der Waals surface area contributed by atoms with Crippen LogP contribution in [0.1, 0.15) is 58.7 Å². The third-order valence-electron chi connectivity index (χ3n) is 7.38. The van der Waals surface area contributed by atoms with E-state index in [0.717, 1.165) is 30.2 Å². The van der Waals surface area contributed by atoms with Gasteiger partial charge in [-0.1, -0.05) is 54.5 Å². The SMILES string of the molecule is CN1CC(C(c2ccccc2)n2cc(C#CC3COC3)c(C#CC3CCC3)n2)n2ncc(=O)c(O)c2C1=O. The number of aromatic hydroxyl groups is 1. The molecule has 38 heavy (non-hydrogen) atoms. The summed E-state index contributed by atoms with van der Waals surface area (Å²) in [5.41, 5.74) is 1.46. The van der Waals surface area contributed by atoms with E-state index < -0.39 is 29.2 Å². The van der Waals surface area contributed by atoms with Crippen molar-refractivity contribution in [3.8, 4) is 29.4 Å². The number of carbonyl (C=O) groups is 1. The molecule has 9 heteroatoms. The molecule has 2 aromatic heterocycles. The Labute approximate surface area is 220 Å². The number of nitrogens with zero attached hydrogens (tertiary/aromatic N) is 5. The highest BCUT2D eigenvalue weighted by molar-refractivity contribution is 5.95. The summed E-state index contributed by atoms with van der Waals surface area (Å²) in [6.07, 6.45) is 6.35. The number of hydrogen-bond acceptors (Lipinski definition) is 6. The molecule has 4 heterocycles. The van der Waals surface area contributed by atoms with E-state index in [-0.39, 0.29) is 11.6 Å². The van der Waals surface area contributed by atoms with Crippen LogP contribution in [0.3, 0.4) is 0 Å². The molecule has 192 valence electrons. The summed E-state index contributed by atoms with van der Waals surface area (Å²) in [6.45, 7) is 1.55. The number of carbonyl (C=O) groups excluding carboxylic acids is 1. The highest BCUT2D eigenvalue weighted by Crippen LogP contribution is 2.35. The minimum absolute atomic E-state index is 0.126. The number of aromatic nitrogens is 4. The first-order valence-electron chi connectivity index (χ1n) is 12.8. The van der Waals surface area contributed by atoms with Gasteiger partial charge in [-0.2, -0.15) is 10.2 Å². The Balaban J connectivity index is 1.49. The number of amides is 1. The molecule has 3 aromatic rings. The Morgan fingerprint density at radius 2 is 1.84 bits per heavy atom. The van der Waals surface area contributed by atoms with Crippen LogP contribution in [0.2, 0.25) is 0 Å². The highest BCUT2D eigenvalue weighted by atomic mass is 16.5. The number of fused-ring (bicyclic) bond motifs is 1. The molecule has 2 aliphatic heterocycles. The summed E-state index contributed by atoms with van der Waals surface area (Å²) in [6, 6.07) is 8.90. The molecule has 2 fully saturated rings. The summed E-state index contributed by atoms with van der Waals surface area (Å²) in [7, 11) is 1.65. The summed E-state index contributed by atoms with van der Waals surface area (Å²) in [5.74, 6) is 12.7. The van der Waals surface area contributed by atoms with Crippen molar-refractivity contribution in [3.05, 3.63) is 75.5 Å². The smallest absolute Gasteiger partial charge is 0.275 e. The Hall–Kier alpha value is -4.34. The van der Waals surface area contributed by atoms with Gasteiger partial charge in [0.15, 0.2) is 17.1 Å². The van der Waals surface area contributed by atoms with Crippen molar-refractivity contribution in [2.45, 2.75) is 31.3 Å². The molecule has 2 unspecified atom stereocenters. The third-order valence-corrected chi connectivity index (χ3v) is 7.38. The Morgan fingerprint density at radius 1 is 1.08 bits per heavy atom. The van der Waals surface area contributed by atoms with Gasteiger partial charge in [0.2, 0.25) is 5.43 Å². The van der Waals surface area contributed by atoms with Gasteiger partial charge in [0.05, 0.1) is 36.9 Å². The van der Waals surface area contributed by atoms with E-state index in [1.54, 1.807) is 7.05 Å². The lowest BCUT2D eigenvalue weighted by Crippen LogP contribution is -2.46. The number of ether oxygens (including phenoxy) is 1. The summed E-state index contributed by atoms with van der Waals surface area (Å²) >= 11 is 0. The van der Waals surface area contributed by atoms with E-state index >= 15 is 0 Å². The largest absolute Gasteiger partial charge is 0.502 e. The molecule has 6 rings (SSSR count). The van der Waals surface area contributed by atoms with E-state index in [9.17, 15) is 14.7 Å². The van der Waals surface area contributed by atoms with Crippen LogP contribution < -0.4 is 5.43 Å². The number of benzene rings is 1. The first kappa shape index (κ1) is 24.0. The maximum absolute atomic E-state index is 13.0. The fraction of sp³-hybridized carbons (Fsp3) is 0.379. The molecule has 1 saturated heterocycles. The van der Waals surface area contributed by atoms with Crippen LogP contribution >= 0.6 is 0 Å². The average Bonchev–Trinajstić information content (AvgIpc) is 3.25. The minimum atomic E-state index is -0.694. The van der Waals surface area contributed by atoms with Gasteiger partial charge in [-0.25, -0.2) is 4.68 Å². The molecular weight excluding hydrogens is 482 g/mol. The van der Waals surface area contributed by atoms with Crippen molar-refractivity contribution in [1.82, 2.24) is 24.5 Å². The molecule has 0 bridgehead atoms. The normalized spacial score (nSPS) is 19.8. The molecule has 1 amide bonds. The first-order valence-corrected chi connectivity index (χ1v) is 12.8. The van der Waals surface area contributed by atoms with Crippen LogP contribution in [0.15, 0.2) is 47.5 Å². The molecule has 1 aliphatic carbocycles. The first-order chi connectivity index (χ1) is 18.5. The number of likely N-dealkylation sites (N-methyl/N-ethyl adjacent to an activating group) is 1. The average molecular weight is 510 g/mol. The van der Waals surface area contributed by atoms with Gasteiger partial charge in [-0.15, -0.1) is 0 Å². The van der Waals surface area contributed by atoms with Crippen molar-refractivity contribution >= 4 is 5.91 Å². The fourth-order valence-corrected chi connectivity index (χ4v) is 4.91. The third kappa shape index (κ3) is 4.36. The van der Waals surface area contributed by atoms with E-state index in [1.165, 1.54) is 16.0 Å². The van der Waals surface area contributed by atoms with Crippen LogP contribution in [0.4, 0.5) is 0 Å². The Kier molecular flexibility index (Phi) is 6.22. The maximum Gasteiger partial charge on any atom is 0.275 e. The molecule has 0 radical (unpaired) electrons. The summed E-state index contributed by atoms with van der Waals surface area (Å²) in [4.78, 5) is 26.6. The van der Waals surface area contributed by atoms with Crippen molar-refractivity contribution in [2.75, 3.05) is 26.8 Å². The van der Waals surface area contributed by atoms with Gasteiger partial charge in [0, 0.05) is 25.7 Å². The second-order valence-corrected chi connectivity index (χ2v) is 10.0. The molecule has 2 atom stereocenters. The molecule has 1 saturated carbocycles. The van der Waals surface area contributed by atoms with Gasteiger partial charge in [-0.05, 0) is 24.3 Å². The zero-order valence-corrected chi connectivity index (χ0v) is 21.0. The van der Waals surface area contributed by atoms with Crippen molar-refractivity contribution < 1.29 is 14.6 Å². The van der Waals surface area contributed by atoms with E-state index in [4.69, 9.17) is 9.84 Å². The zero-order valence-electron chi connectivity index (χ0n) is 21.0. The van der Waals surface area contributed by atoms with Crippen molar-refractivity contribution in [3.63, 3.8) is 0 Å². The lowest BCUT2D eigenvalue weighted by Gasteiger charge is -2.37. The molecule has 0 spiro atoms. The van der Waals surface area contributed by atoms with Crippen LogP contribution in [-0.2, 0) is 4.74 Å². The van der Waals surface area contributed by atoms with Crippen LogP contribution in [0, 0.1) is 35.5 Å². The van der Waals surface area contributed by atoms with Gasteiger partial charge >= 0.3 is 0 Å². The standard InChI is InChI=1S/C29H27N5O4/c1-32-16-24(34-27(29(32)37)28(36)25(35)14-30-34)26(21-8-3-2-4-9-21)33-15-22(12-10-20-17-38-18-20)23(31-33)13-11-19-6-5-7-19/h2-4,8-9,14-15,19-20,24,26,36H,5-7,16-18H2,1H3. The monoisotopic (exact) mass is 509 g/mol. The quantitative estimate of drug-likeness (QED) is 0.544. The topological polar surface area (TPSA) is 102 Å². The predicted molar refractivity (Wildman–Crippen MR) is 138 cm³/mol. The fourth-order valence-electron chi connectivity index (χ4n) is 4.91. The summed E-state index contributed by atoms with van der Waals surface area (Å²) < 4.78 is 8.55. The molecular formula is C29H27N5O4. The predicted octanol–water partition coefficient (Wildman–Crippen LogP) is 2.21. The number of hydrogen-bond donors (Lipinski definition) is 1. The van der Waals surface area contributed by atoms with Gasteiger partial charge < -0.3 is 14.7 Å². The second-order valence-electron chi connectivity index (χ2n) is 10.0. The van der Waals surface area contributed by atoms with E-state index in [2.05, 4.69) is 28.8 Å². The molecule has 1 N–H and O–H groups in total. The van der Waals surface area contributed by atoms with E-state index in [1.807, 2.05) is 41.2 Å². The molecule has 9 nitrogen and oxygen atoms in total. The Morgan fingerprint density at radius 3 is 2.53 bits per heavy atom. The molecule has 1 aromatic carbocycles. The second kappa shape index (κ2) is 9.85. The minimum Gasteiger partial charge on any atom is -0.502 e. The molecule has 3 aliphatic rings. The van der Waals surface area contributed by atoms with Gasteiger partial charge in [0.1, 0.15) is 6.04 Å². The van der Waals surface area contributed by atoms with Crippen molar-refractivity contribution in [1.29, 1.82) is 0 Å². The van der Waals surface area contributed by atoms with E-state index in [0.29, 0.717) is 31.4 Å². The number of rotatable bonds is 3. The lowest BCUT2D eigenvalue weighted by atomic mass is 9.86.